The van der Waals surface area contributed by atoms with Crippen molar-refractivity contribution >= 4 is 0 Å². The Morgan fingerprint density at radius 1 is 0.580 bits per heavy atom. The van der Waals surface area contributed by atoms with E-state index in [1.54, 1.807) is 0 Å². The van der Waals surface area contributed by atoms with Crippen molar-refractivity contribution in [2.75, 3.05) is 13.2 Å². The minimum absolute atomic E-state index is 0.262. The van der Waals surface area contributed by atoms with Gasteiger partial charge in [0, 0.05) is 5.56 Å². The second kappa shape index (κ2) is 14.3. The van der Waals surface area contributed by atoms with Gasteiger partial charge in [0.1, 0.15) is 48.8 Å². The highest BCUT2D eigenvalue weighted by Crippen LogP contribution is 2.44. The lowest BCUT2D eigenvalue weighted by Gasteiger charge is -2.49. The Labute approximate surface area is 292 Å². The highest BCUT2D eigenvalue weighted by Gasteiger charge is 2.61. The molecule has 0 aromatic heterocycles. The van der Waals surface area contributed by atoms with Gasteiger partial charge in [-0.05, 0) is 38.8 Å². The fourth-order valence-electron chi connectivity index (χ4n) is 7.33. The monoisotopic (exact) mass is 690 g/mol. The zero-order valence-electron chi connectivity index (χ0n) is 28.8. The van der Waals surface area contributed by atoms with Crippen molar-refractivity contribution in [3.63, 3.8) is 0 Å². The lowest BCUT2D eigenvalue weighted by Crippen LogP contribution is -2.64. The van der Waals surface area contributed by atoms with Gasteiger partial charge in [-0.15, -0.1) is 0 Å². The van der Waals surface area contributed by atoms with Gasteiger partial charge in [-0.25, -0.2) is 0 Å². The average molecular weight is 691 g/mol. The van der Waals surface area contributed by atoms with Crippen molar-refractivity contribution in [1.82, 2.24) is 0 Å². The molecule has 5 heterocycles. The van der Waals surface area contributed by atoms with Crippen molar-refractivity contribution in [2.45, 2.75) is 120 Å². The van der Waals surface area contributed by atoms with Crippen LogP contribution in [-0.4, -0.2) is 86.2 Å². The molecule has 5 saturated heterocycles. The van der Waals surface area contributed by atoms with Crippen LogP contribution in [0.1, 0.15) is 50.7 Å². The summed E-state index contributed by atoms with van der Waals surface area (Å²) < 4.78 is 71.5. The third-order valence-corrected chi connectivity index (χ3v) is 9.64. The molecule has 0 radical (unpaired) electrons. The molecule has 268 valence electrons. The van der Waals surface area contributed by atoms with Gasteiger partial charge in [-0.2, -0.15) is 0 Å². The molecule has 11 nitrogen and oxygen atoms in total. The summed E-state index contributed by atoms with van der Waals surface area (Å²) in [5.41, 5.74) is 2.93. The molecule has 5 fully saturated rings. The van der Waals surface area contributed by atoms with Crippen molar-refractivity contribution in [1.29, 1.82) is 0 Å². The molecular formula is C39H46O11. The van der Waals surface area contributed by atoms with E-state index in [1.807, 2.05) is 119 Å². The lowest BCUT2D eigenvalue weighted by atomic mass is 9.96. The third kappa shape index (κ3) is 7.41. The molecule has 5 aliphatic heterocycles. The topological polar surface area (TPSA) is 102 Å². The smallest absolute Gasteiger partial charge is 0.190 e. The van der Waals surface area contributed by atoms with Crippen LogP contribution in [0.4, 0.5) is 0 Å². The molecule has 11 heteroatoms. The third-order valence-electron chi connectivity index (χ3n) is 9.64. The van der Waals surface area contributed by atoms with Crippen molar-refractivity contribution in [2.24, 2.45) is 0 Å². The summed E-state index contributed by atoms with van der Waals surface area (Å²) >= 11 is 0. The fourth-order valence-corrected chi connectivity index (χ4v) is 7.33. The average Bonchev–Trinajstić information content (AvgIpc) is 3.75. The highest BCUT2D eigenvalue weighted by molar-refractivity contribution is 5.18. The summed E-state index contributed by atoms with van der Waals surface area (Å²) in [6.45, 7) is 8.71. The number of fused-ring (bicyclic) bond motifs is 2. The fraction of sp³-hybridized carbons (Fsp3) is 0.538. The molecule has 11 atom stereocenters. The van der Waals surface area contributed by atoms with Crippen molar-refractivity contribution in [3.05, 3.63) is 108 Å². The Kier molecular flexibility index (Phi) is 9.83. The Hall–Kier alpha value is -2.78. The van der Waals surface area contributed by atoms with Gasteiger partial charge in [-0.1, -0.05) is 91.0 Å². The second-order valence-electron chi connectivity index (χ2n) is 14.3. The molecule has 0 bridgehead atoms. The summed E-state index contributed by atoms with van der Waals surface area (Å²) in [6, 6.07) is 29.9. The summed E-state index contributed by atoms with van der Waals surface area (Å²) in [6.07, 6.45) is -6.73. The van der Waals surface area contributed by atoms with E-state index < -0.39 is 79.3 Å². The first kappa shape index (κ1) is 34.3. The molecule has 0 N–H and O–H groups in total. The first-order chi connectivity index (χ1) is 24.2. The van der Waals surface area contributed by atoms with Crippen LogP contribution < -0.4 is 0 Å². The van der Waals surface area contributed by atoms with Crippen LogP contribution in [0, 0.1) is 0 Å². The first-order valence-corrected chi connectivity index (χ1v) is 17.5. The number of ether oxygens (including phenoxy) is 11. The molecule has 0 saturated carbocycles. The summed E-state index contributed by atoms with van der Waals surface area (Å²) in [7, 11) is 0. The maximum Gasteiger partial charge on any atom is 0.190 e. The zero-order chi connectivity index (χ0) is 34.3. The van der Waals surface area contributed by atoms with Gasteiger partial charge in [0.05, 0.1) is 26.4 Å². The minimum Gasteiger partial charge on any atom is -0.368 e. The Bertz CT molecular complexity index is 1540. The van der Waals surface area contributed by atoms with Crippen LogP contribution in [-0.2, 0) is 65.3 Å². The van der Waals surface area contributed by atoms with E-state index in [0.29, 0.717) is 19.8 Å². The van der Waals surface area contributed by atoms with Gasteiger partial charge in [0.15, 0.2) is 30.4 Å². The SMILES string of the molecule is CC1(C)OCC(C2OC3OC(C)(C)OC3C2OC2OC3COC(c4ccccc4)OC3C(OCc3ccccc3)C2OCc2ccccc2)O1. The van der Waals surface area contributed by atoms with Crippen LogP contribution in [0.2, 0.25) is 0 Å². The maximum atomic E-state index is 6.99. The number of hydrogen-bond donors (Lipinski definition) is 0. The molecule has 0 spiro atoms. The molecule has 3 aromatic rings. The number of hydrogen-bond acceptors (Lipinski definition) is 11. The molecule has 0 aliphatic carbocycles. The van der Waals surface area contributed by atoms with Crippen LogP contribution in [0.5, 0.6) is 0 Å². The standard InChI is InChI=1S/C39H46O11/c1-38(2)43-23-28(48-38)30-32(34-37(46-30)50-39(3,4)49-34)47-36-33(41-21-25-16-10-6-11-17-25)31(40-20-24-14-8-5-9-15-24)29-27(44-36)22-42-35(45-29)26-18-12-7-13-19-26/h5-19,27-37H,20-23H2,1-4H3. The molecule has 50 heavy (non-hydrogen) atoms. The van der Waals surface area contributed by atoms with E-state index in [0.717, 1.165) is 16.7 Å². The van der Waals surface area contributed by atoms with E-state index in [1.165, 1.54) is 0 Å². The predicted molar refractivity (Wildman–Crippen MR) is 177 cm³/mol. The second-order valence-corrected chi connectivity index (χ2v) is 14.3. The largest absolute Gasteiger partial charge is 0.368 e. The van der Waals surface area contributed by atoms with Crippen molar-refractivity contribution in [3.8, 4) is 0 Å². The Balaban J connectivity index is 1.12. The van der Waals surface area contributed by atoms with E-state index in [9.17, 15) is 0 Å². The normalized spacial score (nSPS) is 37.3. The van der Waals surface area contributed by atoms with E-state index in [4.69, 9.17) is 52.1 Å². The summed E-state index contributed by atoms with van der Waals surface area (Å²) in [5, 5.41) is 0. The van der Waals surface area contributed by atoms with Crippen LogP contribution in [0.3, 0.4) is 0 Å². The Morgan fingerprint density at radius 3 is 1.84 bits per heavy atom. The molecule has 11 unspecified atom stereocenters. The quantitative estimate of drug-likeness (QED) is 0.273. The van der Waals surface area contributed by atoms with Crippen LogP contribution in [0.25, 0.3) is 0 Å². The van der Waals surface area contributed by atoms with Crippen LogP contribution in [0.15, 0.2) is 91.0 Å². The minimum atomic E-state index is -0.918. The Morgan fingerprint density at radius 2 is 1.20 bits per heavy atom. The van der Waals surface area contributed by atoms with Gasteiger partial charge < -0.3 is 52.1 Å². The van der Waals surface area contributed by atoms with E-state index >= 15 is 0 Å². The first-order valence-electron chi connectivity index (χ1n) is 17.5. The highest BCUT2D eigenvalue weighted by atomic mass is 16.9. The molecule has 8 rings (SSSR count). The maximum absolute atomic E-state index is 6.99. The summed E-state index contributed by atoms with van der Waals surface area (Å²) in [5.74, 6) is -1.63. The molecule has 5 aliphatic rings. The van der Waals surface area contributed by atoms with Gasteiger partial charge in [0.25, 0.3) is 0 Å². The number of benzene rings is 3. The summed E-state index contributed by atoms with van der Waals surface area (Å²) in [4.78, 5) is 0. The van der Waals surface area contributed by atoms with E-state index in [2.05, 4.69) is 0 Å². The van der Waals surface area contributed by atoms with Gasteiger partial charge >= 0.3 is 0 Å². The molecule has 3 aromatic carbocycles. The zero-order valence-corrected chi connectivity index (χ0v) is 28.8. The number of rotatable bonds is 10. The lowest BCUT2D eigenvalue weighted by molar-refractivity contribution is -0.381. The van der Waals surface area contributed by atoms with E-state index in [-0.39, 0.29) is 6.61 Å². The van der Waals surface area contributed by atoms with Gasteiger partial charge in [0.2, 0.25) is 0 Å². The van der Waals surface area contributed by atoms with Gasteiger partial charge in [-0.3, -0.25) is 0 Å². The van der Waals surface area contributed by atoms with Crippen LogP contribution >= 0.6 is 0 Å². The molecular weight excluding hydrogens is 644 g/mol. The molecule has 0 amide bonds. The van der Waals surface area contributed by atoms with Crippen molar-refractivity contribution < 1.29 is 52.1 Å². The predicted octanol–water partition coefficient (Wildman–Crippen LogP) is 5.41.